The molecule has 2 heterocycles. The summed E-state index contributed by atoms with van der Waals surface area (Å²) in [6, 6.07) is 7.27. The number of methoxy groups -OCH3 is 2. The normalized spacial score (nSPS) is 14.4. The van der Waals surface area contributed by atoms with Crippen LogP contribution in [0.25, 0.3) is 22.1 Å². The minimum atomic E-state index is -4.90. The Balaban J connectivity index is 2.02. The number of hydrogen-bond donors (Lipinski definition) is 0. The summed E-state index contributed by atoms with van der Waals surface area (Å²) in [4.78, 5) is 15.3. The molecule has 3 aromatic rings. The zero-order valence-corrected chi connectivity index (χ0v) is 18.0. The largest absolute Gasteiger partial charge is 0.493 e. The predicted octanol–water partition coefficient (Wildman–Crippen LogP) is 5.06. The maximum atomic E-state index is 14.1. The van der Waals surface area contributed by atoms with Crippen molar-refractivity contribution in [3.8, 4) is 28.4 Å². The molecule has 1 aromatic heterocycles. The Hall–Kier alpha value is -3.20. The van der Waals surface area contributed by atoms with E-state index in [1.54, 1.807) is 6.07 Å². The molecule has 6 nitrogen and oxygen atoms in total. The first-order valence-corrected chi connectivity index (χ1v) is 9.94. The molecule has 0 spiro atoms. The first kappa shape index (κ1) is 22.0. The number of alkyl halides is 3. The lowest BCUT2D eigenvalue weighted by Crippen LogP contribution is -2.37. The van der Waals surface area contributed by atoms with Crippen LogP contribution in [0.3, 0.4) is 0 Å². The molecule has 0 fully saturated rings. The van der Waals surface area contributed by atoms with Gasteiger partial charge >= 0.3 is 6.18 Å². The van der Waals surface area contributed by atoms with Gasteiger partial charge < -0.3 is 18.6 Å². The van der Waals surface area contributed by atoms with Crippen LogP contribution in [0.2, 0.25) is 0 Å². The summed E-state index contributed by atoms with van der Waals surface area (Å²) >= 11 is 0. The number of fused-ring (bicyclic) bond motifs is 3. The van der Waals surface area contributed by atoms with Crippen LogP contribution in [0.1, 0.15) is 25.2 Å². The van der Waals surface area contributed by atoms with Crippen molar-refractivity contribution in [3.63, 3.8) is 0 Å². The van der Waals surface area contributed by atoms with E-state index in [1.807, 2.05) is 18.7 Å². The van der Waals surface area contributed by atoms with Crippen molar-refractivity contribution >= 4 is 11.0 Å². The van der Waals surface area contributed by atoms with Gasteiger partial charge in [-0.3, -0.25) is 9.69 Å². The van der Waals surface area contributed by atoms with E-state index < -0.39 is 22.9 Å². The summed E-state index contributed by atoms with van der Waals surface area (Å²) in [7, 11) is 2.77. The molecule has 0 saturated carbocycles. The number of ether oxygens (including phenoxy) is 3. The Kier molecular flexibility index (Phi) is 5.54. The maximum Gasteiger partial charge on any atom is 0.450 e. The molecule has 4 rings (SSSR count). The van der Waals surface area contributed by atoms with Gasteiger partial charge in [-0.25, -0.2) is 0 Å². The van der Waals surface area contributed by atoms with Crippen LogP contribution in [-0.4, -0.2) is 31.9 Å². The second-order valence-electron chi connectivity index (χ2n) is 7.74. The fraction of sp³-hybridized carbons (Fsp3) is 0.348. The van der Waals surface area contributed by atoms with E-state index in [0.29, 0.717) is 30.3 Å². The molecule has 0 atom stereocenters. The van der Waals surface area contributed by atoms with Crippen molar-refractivity contribution in [2.24, 2.45) is 0 Å². The summed E-state index contributed by atoms with van der Waals surface area (Å²) in [5.74, 6) is -0.430. The van der Waals surface area contributed by atoms with Crippen LogP contribution in [0, 0.1) is 0 Å². The average molecular weight is 449 g/mol. The molecule has 0 radical (unpaired) electrons. The van der Waals surface area contributed by atoms with Gasteiger partial charge in [0.25, 0.3) is 0 Å². The quantitative estimate of drug-likeness (QED) is 0.555. The van der Waals surface area contributed by atoms with Crippen LogP contribution < -0.4 is 19.6 Å². The minimum absolute atomic E-state index is 0.0170. The molecule has 0 aliphatic carbocycles. The molecule has 0 amide bonds. The average Bonchev–Trinajstić information content (AvgIpc) is 2.77. The van der Waals surface area contributed by atoms with E-state index in [2.05, 4.69) is 0 Å². The van der Waals surface area contributed by atoms with Crippen LogP contribution in [0.15, 0.2) is 39.5 Å². The Morgan fingerprint density at radius 1 is 1.06 bits per heavy atom. The number of nitrogens with zero attached hydrogens (tertiary/aromatic N) is 1. The highest BCUT2D eigenvalue weighted by atomic mass is 19.4. The Morgan fingerprint density at radius 3 is 2.41 bits per heavy atom. The fourth-order valence-electron chi connectivity index (χ4n) is 3.77. The van der Waals surface area contributed by atoms with Crippen LogP contribution >= 0.6 is 0 Å². The third kappa shape index (κ3) is 3.66. The summed E-state index contributed by atoms with van der Waals surface area (Å²) in [5.41, 5.74) is -1.04. The molecule has 9 heteroatoms. The van der Waals surface area contributed by atoms with Crippen molar-refractivity contribution in [3.05, 3.63) is 51.9 Å². The first-order chi connectivity index (χ1) is 15.2. The standard InChI is InChI=1S/C23H22F3NO5/c1-12(2)27-10-15-16(31-11-27)8-6-14-20(28)19(22(23(24,25)26)32-21(14)15)13-5-7-17(29-3)18(9-13)30-4/h5-9,12H,10-11H2,1-4H3. The summed E-state index contributed by atoms with van der Waals surface area (Å²) in [6.07, 6.45) is -4.90. The molecule has 0 bridgehead atoms. The number of rotatable bonds is 4. The fourth-order valence-corrected chi connectivity index (χ4v) is 3.77. The molecule has 0 saturated heterocycles. The van der Waals surface area contributed by atoms with Crippen molar-refractivity contribution in [1.29, 1.82) is 0 Å². The summed E-state index contributed by atoms with van der Waals surface area (Å²) < 4.78 is 63.7. The number of halogens is 3. The smallest absolute Gasteiger partial charge is 0.450 e. The lowest BCUT2D eigenvalue weighted by Gasteiger charge is -2.32. The molecule has 170 valence electrons. The van der Waals surface area contributed by atoms with E-state index in [4.69, 9.17) is 18.6 Å². The van der Waals surface area contributed by atoms with Gasteiger partial charge in [-0.15, -0.1) is 0 Å². The van der Waals surface area contributed by atoms with Crippen molar-refractivity contribution in [1.82, 2.24) is 4.90 Å². The highest BCUT2D eigenvalue weighted by Gasteiger charge is 2.40. The molecular formula is C23H22F3NO5. The molecule has 0 N–H and O–H groups in total. The van der Waals surface area contributed by atoms with E-state index in [9.17, 15) is 18.0 Å². The Labute approximate surface area is 182 Å². The van der Waals surface area contributed by atoms with Gasteiger partial charge in [0.15, 0.2) is 11.5 Å². The van der Waals surface area contributed by atoms with E-state index in [0.717, 1.165) is 0 Å². The Bertz CT molecular complexity index is 1230. The maximum absolute atomic E-state index is 14.1. The van der Waals surface area contributed by atoms with Gasteiger partial charge in [-0.1, -0.05) is 6.07 Å². The van der Waals surface area contributed by atoms with Crippen molar-refractivity contribution in [2.45, 2.75) is 32.6 Å². The lowest BCUT2D eigenvalue weighted by molar-refractivity contribution is -0.152. The second-order valence-corrected chi connectivity index (χ2v) is 7.74. The van der Waals surface area contributed by atoms with Gasteiger partial charge in [-0.05, 0) is 43.7 Å². The molecule has 1 aliphatic heterocycles. The topological polar surface area (TPSA) is 61.1 Å². The van der Waals surface area contributed by atoms with Crippen LogP contribution in [-0.2, 0) is 12.7 Å². The van der Waals surface area contributed by atoms with Gasteiger partial charge in [0.2, 0.25) is 11.2 Å². The molecule has 32 heavy (non-hydrogen) atoms. The van der Waals surface area contributed by atoms with Crippen molar-refractivity contribution in [2.75, 3.05) is 21.0 Å². The summed E-state index contributed by atoms with van der Waals surface area (Å²) in [5, 5.41) is 0.0516. The lowest BCUT2D eigenvalue weighted by atomic mass is 9.99. The third-order valence-electron chi connectivity index (χ3n) is 5.53. The monoisotopic (exact) mass is 449 g/mol. The number of benzene rings is 2. The van der Waals surface area contributed by atoms with E-state index in [1.165, 1.54) is 38.5 Å². The highest BCUT2D eigenvalue weighted by molar-refractivity contribution is 5.87. The Morgan fingerprint density at radius 2 is 1.78 bits per heavy atom. The zero-order valence-electron chi connectivity index (χ0n) is 18.0. The minimum Gasteiger partial charge on any atom is -0.493 e. The van der Waals surface area contributed by atoms with Gasteiger partial charge in [0, 0.05) is 12.6 Å². The van der Waals surface area contributed by atoms with Crippen LogP contribution in [0.5, 0.6) is 17.2 Å². The first-order valence-electron chi connectivity index (χ1n) is 9.94. The third-order valence-corrected chi connectivity index (χ3v) is 5.53. The highest BCUT2D eigenvalue weighted by Crippen LogP contribution is 2.41. The van der Waals surface area contributed by atoms with Gasteiger partial charge in [-0.2, -0.15) is 13.2 Å². The van der Waals surface area contributed by atoms with Gasteiger partial charge in [0.05, 0.1) is 30.7 Å². The summed E-state index contributed by atoms with van der Waals surface area (Å²) in [6.45, 7) is 4.51. The second kappa shape index (κ2) is 8.05. The van der Waals surface area contributed by atoms with E-state index >= 15 is 0 Å². The molecule has 2 aromatic carbocycles. The predicted molar refractivity (Wildman–Crippen MR) is 112 cm³/mol. The molecule has 0 unspecified atom stereocenters. The molecular weight excluding hydrogens is 427 g/mol. The number of hydrogen-bond acceptors (Lipinski definition) is 6. The SMILES string of the molecule is COc1ccc(-c2c(C(F)(F)F)oc3c4c(ccc3c2=O)OCN(C(C)C)C4)cc1OC. The zero-order chi connectivity index (χ0) is 23.2. The van der Waals surface area contributed by atoms with Crippen LogP contribution in [0.4, 0.5) is 13.2 Å². The molecule has 1 aliphatic rings. The van der Waals surface area contributed by atoms with E-state index in [-0.39, 0.29) is 28.3 Å². The van der Waals surface area contributed by atoms with Gasteiger partial charge in [0.1, 0.15) is 18.1 Å². The van der Waals surface area contributed by atoms with Crippen molar-refractivity contribution < 1.29 is 31.8 Å².